The van der Waals surface area contributed by atoms with E-state index >= 15 is 0 Å². The summed E-state index contributed by atoms with van der Waals surface area (Å²) < 4.78 is 17.1. The number of hydrogen-bond acceptors (Lipinski definition) is 4. The zero-order chi connectivity index (χ0) is 19.6. The minimum atomic E-state index is -0.371. The van der Waals surface area contributed by atoms with E-state index in [1.807, 2.05) is 43.3 Å². The summed E-state index contributed by atoms with van der Waals surface area (Å²) in [6.07, 6.45) is 1.52. The largest absolute Gasteiger partial charge is 0.492 e. The predicted octanol–water partition coefficient (Wildman–Crippen LogP) is 5.48. The monoisotopic (exact) mass is 432 g/mol. The van der Waals surface area contributed by atoms with E-state index in [0.717, 1.165) is 34.0 Å². The maximum atomic E-state index is 11.8. The van der Waals surface area contributed by atoms with Gasteiger partial charge >= 0.3 is 5.97 Å². The summed E-state index contributed by atoms with van der Waals surface area (Å²) in [5.74, 6) is 0.249. The molecule has 0 aromatic heterocycles. The summed E-state index contributed by atoms with van der Waals surface area (Å²) in [7, 11) is 1.37. The van der Waals surface area contributed by atoms with Gasteiger partial charge in [0.1, 0.15) is 5.75 Å². The van der Waals surface area contributed by atoms with Gasteiger partial charge in [-0.05, 0) is 52.5 Å². The molecule has 0 aliphatic rings. The lowest BCUT2D eigenvalue weighted by atomic mass is 10.1. The van der Waals surface area contributed by atoms with Crippen LogP contribution < -0.4 is 4.74 Å². The highest BCUT2D eigenvalue weighted by atomic mass is 79.9. The average molecular weight is 433 g/mol. The Morgan fingerprint density at radius 1 is 1.11 bits per heavy atom. The maximum absolute atomic E-state index is 11.8. The molecule has 5 heteroatoms. The summed E-state index contributed by atoms with van der Waals surface area (Å²) in [5, 5.41) is 0. The Balaban J connectivity index is 1.74. The highest BCUT2D eigenvalue weighted by molar-refractivity contribution is 9.10. The first-order valence-electron chi connectivity index (χ1n) is 8.81. The molecule has 0 N–H and O–H groups in total. The van der Waals surface area contributed by atoms with Crippen LogP contribution in [0.2, 0.25) is 0 Å². The van der Waals surface area contributed by atoms with Gasteiger partial charge < -0.3 is 14.2 Å². The van der Waals surface area contributed by atoms with Gasteiger partial charge in [0.2, 0.25) is 0 Å². The standard InChI is InChI=1S/C22H25BrO4/c1-16(9-11-26-15-18-7-5-4-6-8-18)10-12-27-21-14-19(22(24)25-3)17(2)13-20(21)23/h4-8,13-14H,1,9-12,15H2,2-3H3. The second kappa shape index (κ2) is 10.9. The van der Waals surface area contributed by atoms with Gasteiger partial charge in [-0.25, -0.2) is 4.79 Å². The Labute approximate surface area is 169 Å². The van der Waals surface area contributed by atoms with Crippen molar-refractivity contribution in [2.24, 2.45) is 0 Å². The van der Waals surface area contributed by atoms with Crippen molar-refractivity contribution >= 4 is 21.9 Å². The van der Waals surface area contributed by atoms with E-state index in [0.29, 0.717) is 31.1 Å². The molecule has 4 nitrogen and oxygen atoms in total. The van der Waals surface area contributed by atoms with E-state index in [-0.39, 0.29) is 5.97 Å². The third-order valence-corrected chi connectivity index (χ3v) is 4.73. The van der Waals surface area contributed by atoms with Crippen molar-refractivity contribution in [3.8, 4) is 5.75 Å². The molecule has 2 aromatic rings. The molecule has 0 saturated heterocycles. The van der Waals surface area contributed by atoms with Crippen LogP contribution in [0.4, 0.5) is 0 Å². The van der Waals surface area contributed by atoms with Gasteiger partial charge in [0.15, 0.2) is 0 Å². The lowest BCUT2D eigenvalue weighted by molar-refractivity contribution is 0.0599. The minimum absolute atomic E-state index is 0.371. The molecular weight excluding hydrogens is 408 g/mol. The van der Waals surface area contributed by atoms with E-state index in [1.54, 1.807) is 6.07 Å². The molecule has 27 heavy (non-hydrogen) atoms. The number of hydrogen-bond donors (Lipinski definition) is 0. The number of carbonyl (C=O) groups excluding carboxylic acids is 1. The van der Waals surface area contributed by atoms with Gasteiger partial charge in [0, 0.05) is 6.42 Å². The topological polar surface area (TPSA) is 44.8 Å². The maximum Gasteiger partial charge on any atom is 0.338 e. The fourth-order valence-corrected chi connectivity index (χ4v) is 3.08. The van der Waals surface area contributed by atoms with E-state index in [4.69, 9.17) is 14.2 Å². The summed E-state index contributed by atoms with van der Waals surface area (Å²) >= 11 is 3.47. The first kappa shape index (κ1) is 21.2. The second-order valence-electron chi connectivity index (χ2n) is 6.23. The molecule has 144 valence electrons. The Bertz CT molecular complexity index is 771. The molecule has 2 rings (SSSR count). The quantitative estimate of drug-likeness (QED) is 0.283. The number of halogens is 1. The van der Waals surface area contributed by atoms with Gasteiger partial charge in [-0.1, -0.05) is 42.5 Å². The van der Waals surface area contributed by atoms with Crippen molar-refractivity contribution in [1.82, 2.24) is 0 Å². The van der Waals surface area contributed by atoms with Crippen molar-refractivity contribution in [3.63, 3.8) is 0 Å². The minimum Gasteiger partial charge on any atom is -0.492 e. The molecule has 0 atom stereocenters. The van der Waals surface area contributed by atoms with E-state index in [9.17, 15) is 4.79 Å². The normalized spacial score (nSPS) is 10.5. The van der Waals surface area contributed by atoms with Crippen LogP contribution in [0.5, 0.6) is 5.75 Å². The Morgan fingerprint density at radius 2 is 1.81 bits per heavy atom. The van der Waals surface area contributed by atoms with Crippen LogP contribution in [0.15, 0.2) is 59.1 Å². The molecule has 2 aromatic carbocycles. The number of carbonyl (C=O) groups is 1. The van der Waals surface area contributed by atoms with Crippen LogP contribution >= 0.6 is 15.9 Å². The summed E-state index contributed by atoms with van der Waals surface area (Å²) in [6, 6.07) is 13.7. The van der Waals surface area contributed by atoms with Gasteiger partial charge in [-0.2, -0.15) is 0 Å². The molecule has 0 bridgehead atoms. The fourth-order valence-electron chi connectivity index (χ4n) is 2.50. The molecule has 0 fully saturated rings. The zero-order valence-electron chi connectivity index (χ0n) is 15.8. The van der Waals surface area contributed by atoms with Crippen molar-refractivity contribution in [2.45, 2.75) is 26.4 Å². The van der Waals surface area contributed by atoms with Gasteiger partial charge in [0.25, 0.3) is 0 Å². The molecule has 0 spiro atoms. The first-order chi connectivity index (χ1) is 13.0. The van der Waals surface area contributed by atoms with Gasteiger partial charge in [0.05, 0.1) is 37.0 Å². The number of benzene rings is 2. The molecule has 0 radical (unpaired) electrons. The van der Waals surface area contributed by atoms with Crippen molar-refractivity contribution in [1.29, 1.82) is 0 Å². The number of aryl methyl sites for hydroxylation is 1. The smallest absolute Gasteiger partial charge is 0.338 e. The second-order valence-corrected chi connectivity index (χ2v) is 7.08. The van der Waals surface area contributed by atoms with E-state index in [2.05, 4.69) is 22.5 Å². The molecule has 0 amide bonds. The first-order valence-corrected chi connectivity index (χ1v) is 9.60. The number of methoxy groups -OCH3 is 1. The van der Waals surface area contributed by atoms with Crippen LogP contribution in [0.1, 0.15) is 34.3 Å². The summed E-state index contributed by atoms with van der Waals surface area (Å²) in [4.78, 5) is 11.8. The molecule has 0 aliphatic heterocycles. The molecule has 0 saturated carbocycles. The third kappa shape index (κ3) is 6.85. The lowest BCUT2D eigenvalue weighted by Crippen LogP contribution is -2.06. The SMILES string of the molecule is C=C(CCOCc1ccccc1)CCOc1cc(C(=O)OC)c(C)cc1Br. The Morgan fingerprint density at radius 3 is 2.52 bits per heavy atom. The van der Waals surface area contributed by atoms with Gasteiger partial charge in [-0.3, -0.25) is 0 Å². The lowest BCUT2D eigenvalue weighted by Gasteiger charge is -2.13. The molecular formula is C22H25BrO4. The Hall–Kier alpha value is -2.11. The summed E-state index contributed by atoms with van der Waals surface area (Å²) in [6.45, 7) is 7.67. The highest BCUT2D eigenvalue weighted by Crippen LogP contribution is 2.29. The average Bonchev–Trinajstić information content (AvgIpc) is 2.67. The highest BCUT2D eigenvalue weighted by Gasteiger charge is 2.13. The van der Waals surface area contributed by atoms with Crippen LogP contribution in [0.3, 0.4) is 0 Å². The molecule has 0 aliphatic carbocycles. The van der Waals surface area contributed by atoms with Gasteiger partial charge in [-0.15, -0.1) is 0 Å². The predicted molar refractivity (Wildman–Crippen MR) is 110 cm³/mol. The van der Waals surface area contributed by atoms with Crippen LogP contribution in [0, 0.1) is 6.92 Å². The van der Waals surface area contributed by atoms with Crippen LogP contribution in [0.25, 0.3) is 0 Å². The number of rotatable bonds is 10. The Kier molecular flexibility index (Phi) is 8.55. The van der Waals surface area contributed by atoms with Crippen molar-refractivity contribution in [2.75, 3.05) is 20.3 Å². The fraction of sp³-hybridized carbons (Fsp3) is 0.318. The van der Waals surface area contributed by atoms with Crippen LogP contribution in [-0.2, 0) is 16.1 Å². The number of esters is 1. The molecule has 0 unspecified atom stereocenters. The zero-order valence-corrected chi connectivity index (χ0v) is 17.4. The van der Waals surface area contributed by atoms with E-state index < -0.39 is 0 Å². The van der Waals surface area contributed by atoms with Crippen LogP contribution in [-0.4, -0.2) is 26.3 Å². The third-order valence-electron chi connectivity index (χ3n) is 4.11. The number of ether oxygens (including phenoxy) is 3. The summed E-state index contributed by atoms with van der Waals surface area (Å²) in [5.41, 5.74) is 3.57. The molecule has 0 heterocycles. The van der Waals surface area contributed by atoms with E-state index in [1.165, 1.54) is 7.11 Å². The van der Waals surface area contributed by atoms with Crippen molar-refractivity contribution < 1.29 is 19.0 Å². The van der Waals surface area contributed by atoms with Crippen molar-refractivity contribution in [3.05, 3.63) is 75.8 Å².